The molecule has 252 valence electrons. The average Bonchev–Trinajstić information content (AvgIpc) is 3.60. The Balaban J connectivity index is 1.37. The number of hydrogen-bond donors (Lipinski definition) is 3. The Labute approximate surface area is 264 Å². The SMILES string of the molecule is CCCCCCCCCCCC[C@H](O)[C@@H]1CC[C@@H]([C@@H](O)C[C@H](O)CCCCCCCCCCCCC2=C[C@@H](C)OC2=O)O1. The maximum atomic E-state index is 11.6. The highest BCUT2D eigenvalue weighted by molar-refractivity contribution is 5.90. The Morgan fingerprint density at radius 2 is 1.14 bits per heavy atom. The van der Waals surface area contributed by atoms with Gasteiger partial charge in [0.15, 0.2) is 0 Å². The van der Waals surface area contributed by atoms with Crippen molar-refractivity contribution < 1.29 is 29.6 Å². The number of hydrogen-bond acceptors (Lipinski definition) is 6. The van der Waals surface area contributed by atoms with E-state index >= 15 is 0 Å². The van der Waals surface area contributed by atoms with Gasteiger partial charge in [-0.15, -0.1) is 0 Å². The van der Waals surface area contributed by atoms with Gasteiger partial charge in [-0.05, 0) is 51.5 Å². The summed E-state index contributed by atoms with van der Waals surface area (Å²) in [5.41, 5.74) is 0.859. The van der Waals surface area contributed by atoms with Gasteiger partial charge in [0, 0.05) is 12.0 Å². The molecule has 0 unspecified atom stereocenters. The first-order valence-corrected chi connectivity index (χ1v) is 18.5. The molecule has 0 aromatic rings. The van der Waals surface area contributed by atoms with Crippen molar-refractivity contribution in [3.8, 4) is 0 Å². The van der Waals surface area contributed by atoms with Crippen molar-refractivity contribution in [1.29, 1.82) is 0 Å². The zero-order chi connectivity index (χ0) is 31.1. The standard InChI is InChI=1S/C37H68O6/c1-3-4-5-6-7-8-13-16-19-22-25-33(39)35-26-27-36(43-35)34(40)29-32(38)24-21-18-15-12-10-9-11-14-17-20-23-31-28-30(2)42-37(31)41/h28,30,32-36,38-40H,3-27,29H2,1-2H3/t30-,32-,33+,34+,35+,36+/m1/s1. The summed E-state index contributed by atoms with van der Waals surface area (Å²) in [6.07, 6.45) is 28.9. The third-order valence-electron chi connectivity index (χ3n) is 9.54. The van der Waals surface area contributed by atoms with E-state index in [1.807, 2.05) is 13.0 Å². The lowest BCUT2D eigenvalue weighted by Crippen LogP contribution is -2.33. The fourth-order valence-electron chi connectivity index (χ4n) is 6.76. The summed E-state index contributed by atoms with van der Waals surface area (Å²) in [5.74, 6) is -0.127. The molecule has 0 bridgehead atoms. The van der Waals surface area contributed by atoms with Crippen LogP contribution in [0.5, 0.6) is 0 Å². The lowest BCUT2D eigenvalue weighted by atomic mass is 9.98. The average molecular weight is 609 g/mol. The molecule has 2 rings (SSSR count). The molecule has 2 heterocycles. The molecule has 6 heteroatoms. The van der Waals surface area contributed by atoms with Gasteiger partial charge < -0.3 is 24.8 Å². The van der Waals surface area contributed by atoms with Crippen molar-refractivity contribution in [3.63, 3.8) is 0 Å². The molecule has 3 N–H and O–H groups in total. The van der Waals surface area contributed by atoms with Crippen molar-refractivity contribution in [1.82, 2.24) is 0 Å². The van der Waals surface area contributed by atoms with Gasteiger partial charge in [0.05, 0.1) is 30.5 Å². The van der Waals surface area contributed by atoms with Gasteiger partial charge in [-0.25, -0.2) is 4.79 Å². The second-order valence-corrected chi connectivity index (χ2v) is 13.7. The van der Waals surface area contributed by atoms with Crippen LogP contribution in [-0.4, -0.2) is 57.9 Å². The lowest BCUT2D eigenvalue weighted by Gasteiger charge is -2.23. The summed E-state index contributed by atoms with van der Waals surface area (Å²) in [7, 11) is 0. The molecule has 1 saturated heterocycles. The fraction of sp³-hybridized carbons (Fsp3) is 0.919. The van der Waals surface area contributed by atoms with Gasteiger partial charge in [-0.3, -0.25) is 0 Å². The maximum Gasteiger partial charge on any atom is 0.334 e. The van der Waals surface area contributed by atoms with E-state index in [0.29, 0.717) is 6.42 Å². The molecule has 0 radical (unpaired) electrons. The number of aliphatic hydroxyl groups is 3. The van der Waals surface area contributed by atoms with Gasteiger partial charge in [0.25, 0.3) is 0 Å². The van der Waals surface area contributed by atoms with Crippen LogP contribution in [0.2, 0.25) is 0 Å². The molecule has 2 aliphatic heterocycles. The molecule has 1 fully saturated rings. The Hall–Kier alpha value is -0.950. The number of carbonyl (C=O) groups is 1. The van der Waals surface area contributed by atoms with Crippen LogP contribution in [-0.2, 0) is 14.3 Å². The Kier molecular flexibility index (Phi) is 21.6. The van der Waals surface area contributed by atoms with E-state index in [-0.39, 0.29) is 24.3 Å². The highest BCUT2D eigenvalue weighted by atomic mass is 16.5. The van der Waals surface area contributed by atoms with Crippen LogP contribution in [0.25, 0.3) is 0 Å². The van der Waals surface area contributed by atoms with Crippen LogP contribution in [0, 0.1) is 0 Å². The topological polar surface area (TPSA) is 96.2 Å². The van der Waals surface area contributed by atoms with Crippen molar-refractivity contribution in [2.45, 2.75) is 217 Å². The smallest absolute Gasteiger partial charge is 0.334 e. The number of rotatable bonds is 28. The van der Waals surface area contributed by atoms with Crippen molar-refractivity contribution in [2.75, 3.05) is 0 Å². The third-order valence-corrected chi connectivity index (χ3v) is 9.54. The van der Waals surface area contributed by atoms with Gasteiger partial charge in [-0.2, -0.15) is 0 Å². The van der Waals surface area contributed by atoms with Crippen LogP contribution in [0.4, 0.5) is 0 Å². The van der Waals surface area contributed by atoms with Crippen LogP contribution >= 0.6 is 0 Å². The van der Waals surface area contributed by atoms with Crippen LogP contribution in [0.15, 0.2) is 11.6 Å². The van der Waals surface area contributed by atoms with Gasteiger partial charge in [-0.1, -0.05) is 129 Å². The van der Waals surface area contributed by atoms with Crippen molar-refractivity contribution in [2.24, 2.45) is 0 Å². The minimum Gasteiger partial charge on any atom is -0.455 e. The predicted molar refractivity (Wildman–Crippen MR) is 176 cm³/mol. The van der Waals surface area contributed by atoms with E-state index in [1.165, 1.54) is 103 Å². The number of esters is 1. The Bertz CT molecular complexity index is 724. The zero-order valence-corrected chi connectivity index (χ0v) is 28.0. The molecule has 2 aliphatic rings. The largest absolute Gasteiger partial charge is 0.455 e. The van der Waals surface area contributed by atoms with E-state index in [0.717, 1.165) is 63.4 Å². The van der Waals surface area contributed by atoms with Crippen molar-refractivity contribution in [3.05, 3.63) is 11.6 Å². The number of unbranched alkanes of at least 4 members (excludes halogenated alkanes) is 18. The summed E-state index contributed by atoms with van der Waals surface area (Å²) in [6.45, 7) is 4.17. The molecular weight excluding hydrogens is 540 g/mol. The van der Waals surface area contributed by atoms with Crippen LogP contribution in [0.3, 0.4) is 0 Å². The molecule has 0 saturated carbocycles. The maximum absolute atomic E-state index is 11.6. The minimum atomic E-state index is -0.656. The zero-order valence-electron chi connectivity index (χ0n) is 28.0. The van der Waals surface area contributed by atoms with E-state index in [9.17, 15) is 20.1 Å². The molecule has 43 heavy (non-hydrogen) atoms. The summed E-state index contributed by atoms with van der Waals surface area (Å²) in [6, 6.07) is 0. The van der Waals surface area contributed by atoms with Crippen LogP contribution < -0.4 is 0 Å². The van der Waals surface area contributed by atoms with E-state index < -0.39 is 18.3 Å². The third kappa shape index (κ3) is 18.0. The van der Waals surface area contributed by atoms with E-state index in [1.54, 1.807) is 0 Å². The highest BCUT2D eigenvalue weighted by Crippen LogP contribution is 2.28. The molecule has 6 atom stereocenters. The van der Waals surface area contributed by atoms with E-state index in [4.69, 9.17) is 9.47 Å². The molecule has 0 aromatic heterocycles. The first-order valence-electron chi connectivity index (χ1n) is 18.5. The van der Waals surface area contributed by atoms with Gasteiger partial charge >= 0.3 is 5.97 Å². The fourth-order valence-corrected chi connectivity index (χ4v) is 6.76. The summed E-state index contributed by atoms with van der Waals surface area (Å²) < 4.78 is 11.2. The quantitative estimate of drug-likeness (QED) is 0.0606. The van der Waals surface area contributed by atoms with E-state index in [2.05, 4.69) is 6.92 Å². The number of ether oxygens (including phenoxy) is 2. The number of carbonyl (C=O) groups excluding carboxylic acids is 1. The molecule has 0 aliphatic carbocycles. The first kappa shape index (κ1) is 38.2. The van der Waals surface area contributed by atoms with Crippen LogP contribution in [0.1, 0.15) is 181 Å². The summed E-state index contributed by atoms with van der Waals surface area (Å²) in [4.78, 5) is 11.6. The number of aliphatic hydroxyl groups excluding tert-OH is 3. The Morgan fingerprint density at radius 3 is 1.65 bits per heavy atom. The Morgan fingerprint density at radius 1 is 0.674 bits per heavy atom. The molecule has 6 nitrogen and oxygen atoms in total. The highest BCUT2D eigenvalue weighted by Gasteiger charge is 2.35. The number of cyclic esters (lactones) is 1. The summed E-state index contributed by atoms with van der Waals surface area (Å²) in [5, 5.41) is 31.7. The molecule has 0 amide bonds. The minimum absolute atomic E-state index is 0.0542. The van der Waals surface area contributed by atoms with Crippen molar-refractivity contribution >= 4 is 5.97 Å². The monoisotopic (exact) mass is 609 g/mol. The second-order valence-electron chi connectivity index (χ2n) is 13.7. The second kappa shape index (κ2) is 24.3. The normalized spacial score (nSPS) is 22.5. The molecule has 0 aromatic carbocycles. The first-order chi connectivity index (χ1) is 20.9. The van der Waals surface area contributed by atoms with Gasteiger partial charge in [0.1, 0.15) is 6.10 Å². The predicted octanol–water partition coefficient (Wildman–Crippen LogP) is 8.87. The van der Waals surface area contributed by atoms with Gasteiger partial charge in [0.2, 0.25) is 0 Å². The molecule has 0 spiro atoms. The lowest BCUT2D eigenvalue weighted by molar-refractivity contribution is -0.139. The molecular formula is C37H68O6. The summed E-state index contributed by atoms with van der Waals surface area (Å²) >= 11 is 0.